The molecule has 168 valence electrons. The summed E-state index contributed by atoms with van der Waals surface area (Å²) >= 11 is 0. The molecule has 0 saturated heterocycles. The van der Waals surface area contributed by atoms with Crippen LogP contribution in [0.5, 0.6) is 0 Å². The molecule has 0 aliphatic carbocycles. The van der Waals surface area contributed by atoms with Gasteiger partial charge in [-0.05, 0) is 0 Å². The summed E-state index contributed by atoms with van der Waals surface area (Å²) in [7, 11) is -12.7. The third-order valence-electron chi connectivity index (χ3n) is 2.07. The Hall–Kier alpha value is -0.493. The van der Waals surface area contributed by atoms with E-state index in [1.807, 2.05) is 0 Å². The molecule has 0 spiro atoms. The van der Waals surface area contributed by atoms with Crippen LogP contribution in [0.3, 0.4) is 0 Å². The predicted octanol–water partition coefficient (Wildman–Crippen LogP) is -0.451. The predicted molar refractivity (Wildman–Crippen MR) is 57.6 cm³/mol. The van der Waals surface area contributed by atoms with Gasteiger partial charge in [-0.3, -0.25) is 4.55 Å². The summed E-state index contributed by atoms with van der Waals surface area (Å²) in [6.07, 6.45) is -11.5. The first-order valence-corrected chi connectivity index (χ1v) is 8.03. The molecule has 0 aromatic heterocycles. The van der Waals surface area contributed by atoms with Crippen molar-refractivity contribution in [2.24, 2.45) is 5.14 Å². The monoisotopic (exact) mass is 489 g/mol. The van der Waals surface area contributed by atoms with Crippen LogP contribution in [0.1, 0.15) is 1.43 Å². The molecule has 0 rings (SSSR count). The Balaban J connectivity index is -0.000000226. The van der Waals surface area contributed by atoms with E-state index in [1.54, 1.807) is 0 Å². The van der Waals surface area contributed by atoms with Gasteiger partial charge in [-0.25, -0.2) is 22.3 Å². The van der Waals surface area contributed by atoms with E-state index >= 15 is 0 Å². The van der Waals surface area contributed by atoms with Gasteiger partial charge >= 0.3 is 63.9 Å². The maximum Gasteiger partial charge on any atom is 1.00 e. The molecular weight excluding hydrogens is 484 g/mol. The van der Waals surface area contributed by atoms with Crippen LogP contribution in [0.15, 0.2) is 0 Å². The van der Waals surface area contributed by atoms with E-state index in [2.05, 4.69) is 5.14 Å². The molecule has 0 atom stereocenters. The second-order valence-corrected chi connectivity index (χ2v) is 7.14. The molecule has 0 aliphatic rings. The molecule has 0 heterocycles. The average molecular weight is 489 g/mol. The smallest absolute Gasteiger partial charge is 1.00 e. The van der Waals surface area contributed by atoms with E-state index in [0.29, 0.717) is 0 Å². The second kappa shape index (κ2) is 8.71. The molecule has 0 radical (unpaired) electrons. The van der Waals surface area contributed by atoms with Gasteiger partial charge in [0, 0.05) is 0 Å². The topological polar surface area (TPSA) is 115 Å². The SMILES string of the molecule is NS(=O)(=O)C(F)(F)C(F)(F)C(F)(F)C(F)(F)F.O=S(=O)(O)C(F)(F)C(F)F.[H-].[Li+]. The normalized spacial score (nSPS) is 14.9. The Morgan fingerprint density at radius 1 is 0.750 bits per heavy atom. The third-order valence-corrected chi connectivity index (χ3v) is 3.91. The van der Waals surface area contributed by atoms with Crippen molar-refractivity contribution >= 4 is 20.1 Å². The molecule has 6 nitrogen and oxygen atoms in total. The van der Waals surface area contributed by atoms with Crippen LogP contribution >= 0.6 is 0 Å². The number of rotatable bonds is 5. The minimum Gasteiger partial charge on any atom is -1.00 e. The first-order valence-electron chi connectivity index (χ1n) is 5.05. The van der Waals surface area contributed by atoms with E-state index in [-0.39, 0.29) is 20.3 Å². The third kappa shape index (κ3) is 6.01. The number of alkyl halides is 13. The molecule has 3 N–H and O–H groups in total. The molecule has 22 heteroatoms. The maximum absolute atomic E-state index is 12.3. The Morgan fingerprint density at radius 2 is 1.04 bits per heavy atom. The summed E-state index contributed by atoms with van der Waals surface area (Å²) in [5.74, 6) is -14.5. The summed E-state index contributed by atoms with van der Waals surface area (Å²) < 4.78 is 199. The van der Waals surface area contributed by atoms with E-state index in [9.17, 15) is 73.9 Å². The quantitative estimate of drug-likeness (QED) is 0.309. The van der Waals surface area contributed by atoms with Crippen LogP contribution in [-0.4, -0.2) is 56.3 Å². The summed E-state index contributed by atoms with van der Waals surface area (Å²) in [5.41, 5.74) is 0. The molecule has 0 aromatic carbocycles. The second-order valence-electron chi connectivity index (χ2n) is 4.05. The van der Waals surface area contributed by atoms with E-state index in [4.69, 9.17) is 4.55 Å². The van der Waals surface area contributed by atoms with Crippen molar-refractivity contribution in [2.45, 2.75) is 35.0 Å². The molecule has 0 saturated carbocycles. The fourth-order valence-electron chi connectivity index (χ4n) is 0.652. The number of primary sulfonamides is 1. The summed E-state index contributed by atoms with van der Waals surface area (Å²) in [4.78, 5) is 0. The van der Waals surface area contributed by atoms with Crippen LogP contribution in [0.2, 0.25) is 0 Å². The zero-order valence-electron chi connectivity index (χ0n) is 13.5. The van der Waals surface area contributed by atoms with Crippen molar-refractivity contribution in [3.8, 4) is 0 Å². The Labute approximate surface area is 159 Å². The number of nitrogens with two attached hydrogens (primary N) is 1. The summed E-state index contributed by atoms with van der Waals surface area (Å²) in [6.45, 7) is 0. The molecule has 28 heavy (non-hydrogen) atoms. The van der Waals surface area contributed by atoms with Gasteiger partial charge in [0.15, 0.2) is 0 Å². The fourth-order valence-corrected chi connectivity index (χ4v) is 1.36. The van der Waals surface area contributed by atoms with Gasteiger partial charge in [0.2, 0.25) is 0 Å². The van der Waals surface area contributed by atoms with Crippen LogP contribution in [0, 0.1) is 0 Å². The zero-order chi connectivity index (χ0) is 23.1. The molecule has 0 aliphatic heterocycles. The molecule has 0 fully saturated rings. The molecular formula is C6H5F13LiNO5S2. The van der Waals surface area contributed by atoms with Gasteiger partial charge < -0.3 is 1.43 Å². The molecule has 0 bridgehead atoms. The molecule has 0 unspecified atom stereocenters. The average Bonchev–Trinajstić information content (AvgIpc) is 2.34. The van der Waals surface area contributed by atoms with Gasteiger partial charge in [-0.2, -0.15) is 56.7 Å². The van der Waals surface area contributed by atoms with Crippen molar-refractivity contribution < 1.29 is 98.8 Å². The number of hydrogen-bond acceptors (Lipinski definition) is 4. The summed E-state index contributed by atoms with van der Waals surface area (Å²) in [6, 6.07) is 0. The van der Waals surface area contributed by atoms with Crippen LogP contribution in [-0.2, 0) is 20.1 Å². The van der Waals surface area contributed by atoms with E-state index < -0.39 is 55.1 Å². The van der Waals surface area contributed by atoms with Crippen molar-refractivity contribution in [2.75, 3.05) is 0 Å². The largest absolute Gasteiger partial charge is 1.00 e. The van der Waals surface area contributed by atoms with Crippen LogP contribution in [0.4, 0.5) is 57.1 Å². The van der Waals surface area contributed by atoms with Gasteiger partial charge in [0.25, 0.3) is 10.0 Å². The molecule has 0 aromatic rings. The maximum atomic E-state index is 12.3. The Morgan fingerprint density at radius 3 is 1.14 bits per heavy atom. The Kier molecular flexibility index (Phi) is 10.0. The minimum atomic E-state index is -7.27. The number of hydrogen-bond donors (Lipinski definition) is 2. The van der Waals surface area contributed by atoms with E-state index in [1.165, 1.54) is 0 Å². The van der Waals surface area contributed by atoms with Gasteiger partial charge in [0.1, 0.15) is 0 Å². The van der Waals surface area contributed by atoms with Crippen LogP contribution in [0.25, 0.3) is 0 Å². The van der Waals surface area contributed by atoms with Crippen molar-refractivity contribution in [3.05, 3.63) is 0 Å². The van der Waals surface area contributed by atoms with Gasteiger partial charge in [-0.15, -0.1) is 0 Å². The van der Waals surface area contributed by atoms with Gasteiger partial charge in [0.05, 0.1) is 0 Å². The number of sulfonamides is 1. The first-order chi connectivity index (χ1) is 11.2. The first kappa shape index (κ1) is 32.2. The number of halogens is 13. The fraction of sp³-hybridized carbons (Fsp3) is 1.00. The standard InChI is InChI=1S/C4H2F9NO2S.C2H2F4O3S.Li.H/c5-1(6,3(9,10)11)2(7,8)4(12,13)17(14,15)16;3-1(4)2(5,6)10(7,8)9;;/h(H2,14,15,16);1H,(H,7,8,9);;/q;;+1;-1. The zero-order valence-corrected chi connectivity index (χ0v) is 14.1. The van der Waals surface area contributed by atoms with Crippen molar-refractivity contribution in [1.82, 2.24) is 0 Å². The minimum absolute atomic E-state index is 0. The van der Waals surface area contributed by atoms with Crippen LogP contribution < -0.4 is 24.0 Å². The van der Waals surface area contributed by atoms with Gasteiger partial charge in [-0.1, -0.05) is 0 Å². The Bertz CT molecular complexity index is 737. The van der Waals surface area contributed by atoms with E-state index in [0.717, 1.165) is 0 Å². The summed E-state index contributed by atoms with van der Waals surface area (Å²) in [5, 5.41) is -8.67. The van der Waals surface area contributed by atoms with Crippen molar-refractivity contribution in [3.63, 3.8) is 0 Å². The molecule has 0 amide bonds. The van der Waals surface area contributed by atoms with Crippen molar-refractivity contribution in [1.29, 1.82) is 0 Å².